The number of benzene rings is 3. The van der Waals surface area contributed by atoms with Gasteiger partial charge in [-0.1, -0.05) is 44.0 Å². The van der Waals surface area contributed by atoms with Crippen molar-refractivity contribution in [3.8, 4) is 5.75 Å². The number of carbonyl (C=O) groups is 1. The van der Waals surface area contributed by atoms with Crippen molar-refractivity contribution in [1.29, 1.82) is 0 Å². The summed E-state index contributed by atoms with van der Waals surface area (Å²) >= 11 is 15.5. The van der Waals surface area contributed by atoms with E-state index in [0.717, 1.165) is 45.8 Å². The molecule has 3 aromatic carbocycles. The molecule has 1 fully saturated rings. The average molecular weight is 730 g/mol. The average Bonchev–Trinajstić information content (AvgIpc) is 3.11. The lowest BCUT2D eigenvalue weighted by Crippen LogP contribution is -2.19. The van der Waals surface area contributed by atoms with E-state index in [1.165, 1.54) is 11.8 Å². The van der Waals surface area contributed by atoms with E-state index in [-0.39, 0.29) is 5.91 Å². The number of nitrogens with one attached hydrogen (secondary N) is 1. The highest BCUT2D eigenvalue weighted by Gasteiger charge is 2.24. The van der Waals surface area contributed by atoms with Crippen LogP contribution in [-0.4, -0.2) is 11.1 Å². The summed E-state index contributed by atoms with van der Waals surface area (Å²) in [6.45, 7) is 4.49. The summed E-state index contributed by atoms with van der Waals surface area (Å²) in [5, 5.41) is 3.41. The molecule has 0 aliphatic carbocycles. The maximum absolute atomic E-state index is 12.5. The van der Waals surface area contributed by atoms with Crippen LogP contribution >= 0.6 is 75.5 Å². The largest absolute Gasteiger partial charge is 0.487 e. The molecule has 0 saturated carbocycles. The second kappa shape index (κ2) is 11.1. The molecule has 1 heterocycles. The van der Waals surface area contributed by atoms with E-state index >= 15 is 0 Å². The van der Waals surface area contributed by atoms with Crippen LogP contribution in [0.2, 0.25) is 0 Å². The first-order valence-corrected chi connectivity index (χ1v) is 14.1. The summed E-state index contributed by atoms with van der Waals surface area (Å²) in [5.41, 5.74) is 4.93. The molecule has 174 valence electrons. The molecular formula is C25H18Br4N2O2S. The van der Waals surface area contributed by atoms with Gasteiger partial charge in [-0.15, -0.1) is 0 Å². The number of rotatable bonds is 5. The molecule has 34 heavy (non-hydrogen) atoms. The Hall–Kier alpha value is -1.39. The van der Waals surface area contributed by atoms with Gasteiger partial charge >= 0.3 is 0 Å². The molecule has 1 aliphatic heterocycles. The smallest absolute Gasteiger partial charge is 0.264 e. The molecule has 4 rings (SSSR count). The highest BCUT2D eigenvalue weighted by Crippen LogP contribution is 2.37. The van der Waals surface area contributed by atoms with Gasteiger partial charge in [0.2, 0.25) is 0 Å². The van der Waals surface area contributed by atoms with Crippen molar-refractivity contribution >= 4 is 98.3 Å². The first kappa shape index (κ1) is 25.7. The molecule has 0 spiro atoms. The molecule has 0 atom stereocenters. The molecule has 0 aromatic heterocycles. The molecule has 1 N–H and O–H groups in total. The summed E-state index contributed by atoms with van der Waals surface area (Å²) in [6, 6.07) is 15.8. The van der Waals surface area contributed by atoms with Crippen molar-refractivity contribution in [2.45, 2.75) is 20.5 Å². The van der Waals surface area contributed by atoms with Crippen LogP contribution in [-0.2, 0) is 11.4 Å². The van der Waals surface area contributed by atoms with Crippen molar-refractivity contribution < 1.29 is 9.53 Å². The topological polar surface area (TPSA) is 50.7 Å². The molecule has 1 aliphatic rings. The SMILES string of the molecule is Cc1cc(N=C2NC(=O)/C(=C/c3cc(Br)c(OCc4ccc(Br)cc4)c(Br)c3)S2)cc(C)c1Br. The predicted octanol–water partition coefficient (Wildman–Crippen LogP) is 8.82. The van der Waals surface area contributed by atoms with Crippen LogP contribution in [0.4, 0.5) is 5.69 Å². The normalized spacial score (nSPS) is 15.8. The van der Waals surface area contributed by atoms with Gasteiger partial charge in [0.25, 0.3) is 5.91 Å². The fraction of sp³-hybridized carbons (Fsp3) is 0.120. The van der Waals surface area contributed by atoms with Crippen LogP contribution in [0.15, 0.2) is 76.3 Å². The standard InChI is InChI=1S/C25H18Br4N2O2S/c1-13-7-18(8-14(2)22(13)29)30-25-31-24(32)21(34-25)11-16-9-19(27)23(20(28)10-16)33-12-15-3-5-17(26)6-4-15/h3-11H,12H2,1-2H3,(H,30,31,32)/b21-11-. The second-order valence-electron chi connectivity index (χ2n) is 7.60. The molecule has 9 heteroatoms. The Morgan fingerprint density at radius 2 is 1.59 bits per heavy atom. The van der Waals surface area contributed by atoms with E-state index in [2.05, 4.69) is 74.0 Å². The molecule has 1 saturated heterocycles. The molecular weight excluding hydrogens is 712 g/mol. The Balaban J connectivity index is 1.51. The van der Waals surface area contributed by atoms with Crippen LogP contribution in [0.25, 0.3) is 6.08 Å². The first-order chi connectivity index (χ1) is 16.2. The van der Waals surface area contributed by atoms with Crippen molar-refractivity contribution in [2.75, 3.05) is 0 Å². The number of amides is 1. The monoisotopic (exact) mass is 726 g/mol. The Morgan fingerprint density at radius 3 is 2.21 bits per heavy atom. The molecule has 1 amide bonds. The zero-order chi connectivity index (χ0) is 24.4. The van der Waals surface area contributed by atoms with Gasteiger partial charge in [0.1, 0.15) is 12.4 Å². The van der Waals surface area contributed by atoms with Crippen LogP contribution in [0.1, 0.15) is 22.3 Å². The van der Waals surface area contributed by atoms with Crippen LogP contribution in [0, 0.1) is 13.8 Å². The number of hydrogen-bond acceptors (Lipinski definition) is 4. The molecule has 0 radical (unpaired) electrons. The second-order valence-corrected chi connectivity index (χ2v) is 12.1. The van der Waals surface area contributed by atoms with Crippen molar-refractivity contribution in [3.05, 3.63) is 93.6 Å². The molecule has 4 nitrogen and oxygen atoms in total. The van der Waals surface area contributed by atoms with Gasteiger partial charge in [0.05, 0.1) is 19.5 Å². The maximum atomic E-state index is 12.5. The van der Waals surface area contributed by atoms with Gasteiger partial charge < -0.3 is 10.1 Å². The van der Waals surface area contributed by atoms with E-state index in [1.807, 2.05) is 68.5 Å². The number of nitrogens with zero attached hydrogens (tertiary/aromatic N) is 1. The Kier molecular flexibility index (Phi) is 8.40. The summed E-state index contributed by atoms with van der Waals surface area (Å²) in [7, 11) is 0. The van der Waals surface area contributed by atoms with E-state index < -0.39 is 0 Å². The van der Waals surface area contributed by atoms with Crippen molar-refractivity contribution in [3.63, 3.8) is 0 Å². The zero-order valence-electron chi connectivity index (χ0n) is 18.1. The highest BCUT2D eigenvalue weighted by molar-refractivity contribution is 9.11. The third kappa shape index (κ3) is 6.23. The van der Waals surface area contributed by atoms with E-state index in [9.17, 15) is 4.79 Å². The Morgan fingerprint density at radius 1 is 0.971 bits per heavy atom. The predicted molar refractivity (Wildman–Crippen MR) is 155 cm³/mol. The summed E-state index contributed by atoms with van der Waals surface area (Å²) in [6.07, 6.45) is 1.84. The number of amidine groups is 1. The summed E-state index contributed by atoms with van der Waals surface area (Å²) in [4.78, 5) is 17.7. The third-order valence-corrected chi connectivity index (χ3v) is 8.78. The van der Waals surface area contributed by atoms with E-state index in [0.29, 0.717) is 22.4 Å². The van der Waals surface area contributed by atoms with Gasteiger partial charge in [-0.05, 0) is 122 Å². The lowest BCUT2D eigenvalue weighted by molar-refractivity contribution is -0.115. The molecule has 3 aromatic rings. The van der Waals surface area contributed by atoms with Gasteiger partial charge in [-0.25, -0.2) is 4.99 Å². The minimum absolute atomic E-state index is 0.169. The number of aliphatic imine (C=N–C) groups is 1. The fourth-order valence-electron chi connectivity index (χ4n) is 3.27. The zero-order valence-corrected chi connectivity index (χ0v) is 25.2. The van der Waals surface area contributed by atoms with Crippen LogP contribution < -0.4 is 10.1 Å². The Bertz CT molecular complexity index is 1290. The lowest BCUT2D eigenvalue weighted by Gasteiger charge is -2.12. The van der Waals surface area contributed by atoms with E-state index in [4.69, 9.17) is 4.74 Å². The quantitative estimate of drug-likeness (QED) is 0.267. The maximum Gasteiger partial charge on any atom is 0.264 e. The third-order valence-electron chi connectivity index (χ3n) is 4.92. The Labute approximate surface area is 236 Å². The minimum Gasteiger partial charge on any atom is -0.487 e. The molecule has 0 bridgehead atoms. The van der Waals surface area contributed by atoms with Crippen molar-refractivity contribution in [2.24, 2.45) is 4.99 Å². The fourth-order valence-corrected chi connectivity index (χ4v) is 6.06. The summed E-state index contributed by atoms with van der Waals surface area (Å²) in [5.74, 6) is 0.536. The summed E-state index contributed by atoms with van der Waals surface area (Å²) < 4.78 is 9.70. The number of ether oxygens (including phenoxy) is 1. The van der Waals surface area contributed by atoms with Crippen molar-refractivity contribution in [1.82, 2.24) is 5.32 Å². The first-order valence-electron chi connectivity index (χ1n) is 10.1. The highest BCUT2D eigenvalue weighted by atomic mass is 79.9. The van der Waals surface area contributed by atoms with Gasteiger partial charge in [0.15, 0.2) is 5.17 Å². The number of aryl methyl sites for hydroxylation is 2. The van der Waals surface area contributed by atoms with Gasteiger partial charge in [-0.2, -0.15) is 0 Å². The van der Waals surface area contributed by atoms with Gasteiger partial charge in [-0.3, -0.25) is 4.79 Å². The van der Waals surface area contributed by atoms with Crippen LogP contribution in [0.5, 0.6) is 5.75 Å². The number of hydrogen-bond donors (Lipinski definition) is 1. The minimum atomic E-state index is -0.169. The van der Waals surface area contributed by atoms with Crippen LogP contribution in [0.3, 0.4) is 0 Å². The lowest BCUT2D eigenvalue weighted by atomic mass is 10.1. The number of thioether (sulfide) groups is 1. The van der Waals surface area contributed by atoms with Gasteiger partial charge in [0, 0.05) is 8.95 Å². The number of carbonyl (C=O) groups excluding carboxylic acids is 1. The molecule has 0 unspecified atom stereocenters. The number of halogens is 4. The van der Waals surface area contributed by atoms with E-state index in [1.54, 1.807) is 0 Å².